The van der Waals surface area contributed by atoms with Gasteiger partial charge in [0, 0.05) is 6.92 Å². The van der Waals surface area contributed by atoms with Crippen molar-refractivity contribution < 1.29 is 27.5 Å². The van der Waals surface area contributed by atoms with Gasteiger partial charge in [0.2, 0.25) is 5.91 Å². The third-order valence-electron chi connectivity index (χ3n) is 1.63. The van der Waals surface area contributed by atoms with Gasteiger partial charge in [0.1, 0.15) is 0 Å². The number of anilines is 1. The highest BCUT2D eigenvalue weighted by atomic mass is 19.4. The van der Waals surface area contributed by atoms with Gasteiger partial charge in [-0.15, -0.1) is 0 Å². The van der Waals surface area contributed by atoms with Gasteiger partial charge < -0.3 is 10.1 Å². The van der Waals surface area contributed by atoms with E-state index < -0.39 is 18.1 Å². The van der Waals surface area contributed by atoms with E-state index in [1.165, 1.54) is 25.1 Å². The number of hydrogen-bond donors (Lipinski definition) is 1. The van der Waals surface area contributed by atoms with Gasteiger partial charge in [-0.25, -0.2) is 4.79 Å². The highest BCUT2D eigenvalue weighted by Crippen LogP contribution is 2.26. The van der Waals surface area contributed by atoms with Gasteiger partial charge >= 0.3 is 12.1 Å². The molecule has 0 radical (unpaired) electrons. The molecule has 1 rings (SSSR count). The monoisotopic (exact) mass is 247 g/mol. The lowest BCUT2D eigenvalue weighted by Gasteiger charge is -2.11. The lowest BCUT2D eigenvalue weighted by atomic mass is 10.3. The fourth-order valence-electron chi connectivity index (χ4n) is 1.01. The first-order chi connectivity index (χ1) is 7.80. The van der Waals surface area contributed by atoms with E-state index in [-0.39, 0.29) is 11.4 Å². The summed E-state index contributed by atoms with van der Waals surface area (Å²) in [6, 6.07) is 5.33. The van der Waals surface area contributed by atoms with Gasteiger partial charge in [-0.2, -0.15) is 13.2 Å². The van der Waals surface area contributed by atoms with Crippen molar-refractivity contribution in [3.8, 4) is 5.75 Å². The molecule has 0 aliphatic rings. The Bertz CT molecular complexity index is 443. The maximum atomic E-state index is 12.0. The number of carbonyl (C=O) groups is 2. The number of halogens is 3. The Balaban J connectivity index is 2.91. The molecule has 0 saturated heterocycles. The van der Waals surface area contributed by atoms with E-state index in [0.29, 0.717) is 0 Å². The predicted molar refractivity (Wildman–Crippen MR) is 52.4 cm³/mol. The molecular formula is C10H8F3NO3. The summed E-state index contributed by atoms with van der Waals surface area (Å²) in [6.07, 6.45) is -5.08. The van der Waals surface area contributed by atoms with Gasteiger partial charge in [-0.1, -0.05) is 12.1 Å². The molecule has 0 atom stereocenters. The van der Waals surface area contributed by atoms with E-state index in [9.17, 15) is 22.8 Å². The molecule has 0 heterocycles. The molecular weight excluding hydrogens is 239 g/mol. The predicted octanol–water partition coefficient (Wildman–Crippen LogP) is 2.11. The smallest absolute Gasteiger partial charge is 0.418 e. The summed E-state index contributed by atoms with van der Waals surface area (Å²) in [6.45, 7) is 1.18. The van der Waals surface area contributed by atoms with Crippen molar-refractivity contribution in [2.24, 2.45) is 0 Å². The van der Waals surface area contributed by atoms with Crippen LogP contribution in [0.5, 0.6) is 5.75 Å². The summed E-state index contributed by atoms with van der Waals surface area (Å²) < 4.78 is 40.0. The van der Waals surface area contributed by atoms with Crippen LogP contribution < -0.4 is 10.1 Å². The summed E-state index contributed by atoms with van der Waals surface area (Å²) in [4.78, 5) is 21.4. The molecule has 0 aromatic heterocycles. The van der Waals surface area contributed by atoms with Crippen LogP contribution >= 0.6 is 0 Å². The number of esters is 1. The lowest BCUT2D eigenvalue weighted by molar-refractivity contribution is -0.189. The van der Waals surface area contributed by atoms with Crippen molar-refractivity contribution in [1.82, 2.24) is 0 Å². The Morgan fingerprint density at radius 2 is 1.82 bits per heavy atom. The van der Waals surface area contributed by atoms with Crippen molar-refractivity contribution in [3.63, 3.8) is 0 Å². The normalized spacial score (nSPS) is 10.8. The number of amides is 1. The summed E-state index contributed by atoms with van der Waals surface area (Å²) in [7, 11) is 0. The first-order valence-corrected chi connectivity index (χ1v) is 4.46. The first-order valence-electron chi connectivity index (χ1n) is 4.46. The van der Waals surface area contributed by atoms with Crippen LogP contribution in [0.2, 0.25) is 0 Å². The molecule has 1 aromatic rings. The zero-order valence-electron chi connectivity index (χ0n) is 8.67. The van der Waals surface area contributed by atoms with Crippen molar-refractivity contribution in [3.05, 3.63) is 24.3 Å². The average molecular weight is 247 g/mol. The molecule has 1 N–H and O–H groups in total. The summed E-state index contributed by atoms with van der Waals surface area (Å²) in [5.41, 5.74) is -0.00222. The van der Waals surface area contributed by atoms with Crippen LogP contribution in [0.4, 0.5) is 18.9 Å². The van der Waals surface area contributed by atoms with E-state index in [1.54, 1.807) is 0 Å². The van der Waals surface area contributed by atoms with Crippen LogP contribution in [0.3, 0.4) is 0 Å². The SMILES string of the molecule is CC(=O)Nc1ccccc1OC(=O)C(F)(F)F. The number of rotatable bonds is 2. The minimum absolute atomic E-state index is 0.00222. The average Bonchev–Trinajstić information content (AvgIpc) is 2.18. The van der Waals surface area contributed by atoms with Crippen LogP contribution in [-0.2, 0) is 9.59 Å². The van der Waals surface area contributed by atoms with Gasteiger partial charge in [-0.05, 0) is 12.1 Å². The third kappa shape index (κ3) is 3.78. The van der Waals surface area contributed by atoms with Crippen molar-refractivity contribution in [2.45, 2.75) is 13.1 Å². The molecule has 4 nitrogen and oxygen atoms in total. The molecule has 1 amide bonds. The van der Waals surface area contributed by atoms with Gasteiger partial charge in [-0.3, -0.25) is 4.79 Å². The molecule has 92 valence electrons. The summed E-state index contributed by atoms with van der Waals surface area (Å²) in [5.74, 6) is -3.18. The molecule has 0 saturated carbocycles. The minimum atomic E-state index is -5.08. The van der Waals surface area contributed by atoms with E-state index in [0.717, 1.165) is 6.07 Å². The number of para-hydroxylation sites is 2. The zero-order valence-corrected chi connectivity index (χ0v) is 8.67. The van der Waals surface area contributed by atoms with Crippen molar-refractivity contribution in [1.29, 1.82) is 0 Å². The highest BCUT2D eigenvalue weighted by molar-refractivity contribution is 5.91. The quantitative estimate of drug-likeness (QED) is 0.643. The Morgan fingerprint density at radius 1 is 1.24 bits per heavy atom. The largest absolute Gasteiger partial charge is 0.491 e. The maximum Gasteiger partial charge on any atom is 0.491 e. The van der Waals surface area contributed by atoms with Crippen LogP contribution in [0.15, 0.2) is 24.3 Å². The fourth-order valence-corrected chi connectivity index (χ4v) is 1.01. The highest BCUT2D eigenvalue weighted by Gasteiger charge is 2.41. The zero-order chi connectivity index (χ0) is 13.1. The summed E-state index contributed by atoms with van der Waals surface area (Å²) in [5, 5.41) is 2.25. The molecule has 0 fully saturated rings. The Kier molecular flexibility index (Phi) is 3.72. The molecule has 0 unspecified atom stereocenters. The minimum Gasteiger partial charge on any atom is -0.418 e. The topological polar surface area (TPSA) is 55.4 Å². The van der Waals surface area contributed by atoms with Crippen LogP contribution in [0.1, 0.15) is 6.92 Å². The lowest BCUT2D eigenvalue weighted by Crippen LogP contribution is -2.28. The first kappa shape index (κ1) is 13.0. The Hall–Kier alpha value is -2.05. The second kappa shape index (κ2) is 4.86. The second-order valence-corrected chi connectivity index (χ2v) is 3.06. The number of nitrogens with one attached hydrogen (secondary N) is 1. The third-order valence-corrected chi connectivity index (χ3v) is 1.63. The molecule has 1 aromatic carbocycles. The maximum absolute atomic E-state index is 12.0. The van der Waals surface area contributed by atoms with E-state index in [2.05, 4.69) is 10.1 Å². The summed E-state index contributed by atoms with van der Waals surface area (Å²) >= 11 is 0. The second-order valence-electron chi connectivity index (χ2n) is 3.06. The van der Waals surface area contributed by atoms with E-state index >= 15 is 0 Å². The standard InChI is InChI=1S/C10H8F3NO3/c1-6(15)14-7-4-2-3-5-8(7)17-9(16)10(11,12)13/h2-5H,1H3,(H,14,15). The molecule has 0 aliphatic heterocycles. The van der Waals surface area contributed by atoms with E-state index in [4.69, 9.17) is 0 Å². The Labute approximate surface area is 94.4 Å². The van der Waals surface area contributed by atoms with Crippen molar-refractivity contribution >= 4 is 17.6 Å². The molecule has 0 aliphatic carbocycles. The molecule has 17 heavy (non-hydrogen) atoms. The van der Waals surface area contributed by atoms with Crippen LogP contribution in [0.25, 0.3) is 0 Å². The number of ether oxygens (including phenoxy) is 1. The fraction of sp³-hybridized carbons (Fsp3) is 0.200. The number of carbonyl (C=O) groups excluding carboxylic acids is 2. The van der Waals surface area contributed by atoms with Crippen LogP contribution in [0, 0.1) is 0 Å². The van der Waals surface area contributed by atoms with Crippen LogP contribution in [-0.4, -0.2) is 18.1 Å². The molecule has 0 spiro atoms. The van der Waals surface area contributed by atoms with Gasteiger partial charge in [0.15, 0.2) is 5.75 Å². The number of hydrogen-bond acceptors (Lipinski definition) is 3. The number of benzene rings is 1. The number of alkyl halides is 3. The van der Waals surface area contributed by atoms with Crippen molar-refractivity contribution in [2.75, 3.05) is 5.32 Å². The van der Waals surface area contributed by atoms with E-state index in [1.807, 2.05) is 0 Å². The van der Waals surface area contributed by atoms with Gasteiger partial charge in [0.25, 0.3) is 0 Å². The molecule has 0 bridgehead atoms. The van der Waals surface area contributed by atoms with Gasteiger partial charge in [0.05, 0.1) is 5.69 Å². The molecule has 7 heteroatoms. The Morgan fingerprint density at radius 3 is 2.35 bits per heavy atom.